The predicted molar refractivity (Wildman–Crippen MR) is 50.6 cm³/mol. The minimum Gasteiger partial charge on any atom is -0.279 e. The number of nitriles is 1. The molecule has 1 atom stereocenters. The molecule has 1 unspecified atom stereocenters. The Morgan fingerprint density at radius 3 is 2.62 bits per heavy atom. The predicted octanol–water partition coefficient (Wildman–Crippen LogP) is 2.60. The van der Waals surface area contributed by atoms with Crippen LogP contribution in [0.1, 0.15) is 16.5 Å². The number of hydrogen-bond acceptors (Lipinski definition) is 2. The molecule has 0 N–H and O–H groups in total. The van der Waals surface area contributed by atoms with Gasteiger partial charge in [0.1, 0.15) is 5.38 Å². The molecule has 1 aromatic carbocycles. The minimum atomic E-state index is -0.947. The van der Waals surface area contributed by atoms with Gasteiger partial charge in [0.15, 0.2) is 0 Å². The van der Waals surface area contributed by atoms with Crippen LogP contribution in [0.3, 0.4) is 0 Å². The van der Waals surface area contributed by atoms with Crippen LogP contribution in [0, 0.1) is 11.3 Å². The molecule has 66 valence electrons. The van der Waals surface area contributed by atoms with Gasteiger partial charge in [0.2, 0.25) is 5.24 Å². The van der Waals surface area contributed by atoms with Crippen LogP contribution in [0.5, 0.6) is 0 Å². The number of alkyl halides is 1. The van der Waals surface area contributed by atoms with Gasteiger partial charge >= 0.3 is 0 Å². The first-order chi connectivity index (χ1) is 6.16. The molecule has 13 heavy (non-hydrogen) atoms. The Morgan fingerprint density at radius 2 is 2.08 bits per heavy atom. The van der Waals surface area contributed by atoms with Gasteiger partial charge < -0.3 is 0 Å². The molecule has 0 saturated carbocycles. The highest BCUT2D eigenvalue weighted by Gasteiger charge is 2.17. The summed E-state index contributed by atoms with van der Waals surface area (Å²) in [6.45, 7) is 0. The lowest BCUT2D eigenvalue weighted by atomic mass is 10.1. The maximum atomic E-state index is 10.7. The third-order valence-electron chi connectivity index (χ3n) is 1.55. The zero-order chi connectivity index (χ0) is 9.84. The Balaban J connectivity index is 3.15. The van der Waals surface area contributed by atoms with Gasteiger partial charge in [-0.1, -0.05) is 18.2 Å². The average Bonchev–Trinajstić information content (AvgIpc) is 2.16. The van der Waals surface area contributed by atoms with Crippen LogP contribution in [0.15, 0.2) is 24.3 Å². The van der Waals surface area contributed by atoms with E-state index in [-0.39, 0.29) is 0 Å². The van der Waals surface area contributed by atoms with Crippen LogP contribution < -0.4 is 0 Å². The van der Waals surface area contributed by atoms with E-state index in [9.17, 15) is 4.79 Å². The molecule has 0 amide bonds. The summed E-state index contributed by atoms with van der Waals surface area (Å²) in [5.74, 6) is 0. The third-order valence-corrected chi connectivity index (χ3v) is 2.32. The molecule has 0 aromatic heterocycles. The smallest absolute Gasteiger partial charge is 0.244 e. The van der Waals surface area contributed by atoms with Crippen molar-refractivity contribution in [3.8, 4) is 6.07 Å². The molecule has 4 heteroatoms. The second-order valence-electron chi connectivity index (χ2n) is 2.37. The van der Waals surface area contributed by atoms with Crippen LogP contribution >= 0.6 is 23.2 Å². The van der Waals surface area contributed by atoms with Crippen molar-refractivity contribution in [3.05, 3.63) is 35.4 Å². The van der Waals surface area contributed by atoms with E-state index in [0.29, 0.717) is 11.1 Å². The van der Waals surface area contributed by atoms with Gasteiger partial charge in [0, 0.05) is 0 Å². The van der Waals surface area contributed by atoms with E-state index in [1.807, 2.05) is 6.07 Å². The molecule has 0 radical (unpaired) electrons. The van der Waals surface area contributed by atoms with Crippen molar-refractivity contribution in [1.29, 1.82) is 5.26 Å². The molecule has 1 rings (SSSR count). The molecule has 0 saturated heterocycles. The zero-order valence-corrected chi connectivity index (χ0v) is 8.01. The first-order valence-corrected chi connectivity index (χ1v) is 4.30. The molecule has 2 nitrogen and oxygen atoms in total. The van der Waals surface area contributed by atoms with Crippen LogP contribution in [0.4, 0.5) is 0 Å². The highest BCUT2D eigenvalue weighted by atomic mass is 35.5. The van der Waals surface area contributed by atoms with Crippen molar-refractivity contribution in [2.45, 2.75) is 5.38 Å². The summed E-state index contributed by atoms with van der Waals surface area (Å²) in [5, 5.41) is 7.06. The fourth-order valence-corrected chi connectivity index (χ4v) is 1.25. The normalized spacial score (nSPS) is 11.8. The summed E-state index contributed by atoms with van der Waals surface area (Å²) in [7, 11) is 0. The van der Waals surface area contributed by atoms with Crippen molar-refractivity contribution in [3.63, 3.8) is 0 Å². The van der Waals surface area contributed by atoms with E-state index in [1.165, 1.54) is 0 Å². The molecular formula is C9H5Cl2NO. The molecule has 0 aliphatic heterocycles. The lowest BCUT2D eigenvalue weighted by molar-refractivity contribution is -0.111. The molecule has 0 heterocycles. The number of rotatable bonds is 2. The maximum Gasteiger partial charge on any atom is 0.244 e. The first-order valence-electron chi connectivity index (χ1n) is 3.49. The topological polar surface area (TPSA) is 40.9 Å². The summed E-state index contributed by atoms with van der Waals surface area (Å²) in [6.07, 6.45) is 0. The number of nitrogens with zero attached hydrogens (tertiary/aromatic N) is 1. The van der Waals surface area contributed by atoms with Crippen molar-refractivity contribution in [2.75, 3.05) is 0 Å². The highest BCUT2D eigenvalue weighted by Crippen LogP contribution is 2.25. The van der Waals surface area contributed by atoms with Gasteiger partial charge in [-0.05, 0) is 23.2 Å². The van der Waals surface area contributed by atoms with Crippen LogP contribution in [-0.4, -0.2) is 5.24 Å². The van der Waals surface area contributed by atoms with E-state index in [2.05, 4.69) is 0 Å². The SMILES string of the molecule is N#Cc1ccccc1C(Cl)C(=O)Cl. The van der Waals surface area contributed by atoms with Gasteiger partial charge in [-0.25, -0.2) is 0 Å². The Morgan fingerprint density at radius 1 is 1.46 bits per heavy atom. The minimum absolute atomic E-state index is 0.372. The second kappa shape index (κ2) is 4.27. The van der Waals surface area contributed by atoms with Gasteiger partial charge in [0.25, 0.3) is 0 Å². The van der Waals surface area contributed by atoms with E-state index in [1.54, 1.807) is 24.3 Å². The van der Waals surface area contributed by atoms with Gasteiger partial charge in [-0.15, -0.1) is 11.6 Å². The average molecular weight is 214 g/mol. The third kappa shape index (κ3) is 2.21. The monoisotopic (exact) mass is 213 g/mol. The first kappa shape index (κ1) is 10.0. The fraction of sp³-hybridized carbons (Fsp3) is 0.111. The number of carbonyl (C=O) groups excluding carboxylic acids is 1. The summed E-state index contributed by atoms with van der Waals surface area (Å²) >= 11 is 10.9. The van der Waals surface area contributed by atoms with Crippen molar-refractivity contribution in [2.24, 2.45) is 0 Å². The highest BCUT2D eigenvalue weighted by molar-refractivity contribution is 6.68. The number of halogens is 2. The van der Waals surface area contributed by atoms with E-state index >= 15 is 0 Å². The quantitative estimate of drug-likeness (QED) is 0.560. The van der Waals surface area contributed by atoms with Gasteiger partial charge in [0.05, 0.1) is 11.6 Å². The fourth-order valence-electron chi connectivity index (χ4n) is 0.942. The maximum absolute atomic E-state index is 10.7. The summed E-state index contributed by atoms with van der Waals surface area (Å²) in [4.78, 5) is 10.7. The molecule has 0 aliphatic carbocycles. The molecular weight excluding hydrogens is 209 g/mol. The Hall–Kier alpha value is -1.04. The molecule has 0 bridgehead atoms. The van der Waals surface area contributed by atoms with Crippen molar-refractivity contribution < 1.29 is 4.79 Å². The van der Waals surface area contributed by atoms with Gasteiger partial charge in [-0.2, -0.15) is 5.26 Å². The number of carbonyl (C=O) groups is 1. The second-order valence-corrected chi connectivity index (χ2v) is 3.17. The largest absolute Gasteiger partial charge is 0.279 e. The van der Waals surface area contributed by atoms with Crippen LogP contribution in [0.25, 0.3) is 0 Å². The van der Waals surface area contributed by atoms with Gasteiger partial charge in [-0.3, -0.25) is 4.79 Å². The summed E-state index contributed by atoms with van der Waals surface area (Å²) < 4.78 is 0. The van der Waals surface area contributed by atoms with Crippen LogP contribution in [-0.2, 0) is 4.79 Å². The van der Waals surface area contributed by atoms with Crippen molar-refractivity contribution in [1.82, 2.24) is 0 Å². The Labute approximate surface area is 85.7 Å². The lowest BCUT2D eigenvalue weighted by Crippen LogP contribution is -2.01. The van der Waals surface area contributed by atoms with E-state index < -0.39 is 10.6 Å². The summed E-state index contributed by atoms with van der Waals surface area (Å²) in [6, 6.07) is 8.53. The standard InChI is InChI=1S/C9H5Cl2NO/c10-8(9(11)13)7-4-2-1-3-6(7)5-12/h1-4,8H. The number of hydrogen-bond donors (Lipinski definition) is 0. The molecule has 1 aromatic rings. The molecule has 0 spiro atoms. The Bertz CT molecular complexity index is 370. The number of benzene rings is 1. The van der Waals surface area contributed by atoms with Crippen LogP contribution in [0.2, 0.25) is 0 Å². The summed E-state index contributed by atoms with van der Waals surface area (Å²) in [5.41, 5.74) is 0.822. The Kier molecular flexibility index (Phi) is 3.30. The van der Waals surface area contributed by atoms with Crippen molar-refractivity contribution >= 4 is 28.4 Å². The molecule has 0 aliphatic rings. The zero-order valence-electron chi connectivity index (χ0n) is 6.50. The lowest BCUT2D eigenvalue weighted by Gasteiger charge is -2.05. The molecule has 0 fully saturated rings. The van der Waals surface area contributed by atoms with E-state index in [0.717, 1.165) is 0 Å². The van der Waals surface area contributed by atoms with E-state index in [4.69, 9.17) is 28.5 Å².